The Morgan fingerprint density at radius 2 is 1.93 bits per heavy atom. The lowest BCUT2D eigenvalue weighted by Crippen LogP contribution is -2.20. The third-order valence-electron chi connectivity index (χ3n) is 1.80. The van der Waals surface area contributed by atoms with Crippen molar-refractivity contribution in [2.24, 2.45) is 0 Å². The minimum Gasteiger partial charge on any atom is -0.465 e. The highest BCUT2D eigenvalue weighted by Crippen LogP contribution is 2.05. The van der Waals surface area contributed by atoms with Gasteiger partial charge in [0.2, 0.25) is 0 Å². The summed E-state index contributed by atoms with van der Waals surface area (Å²) in [4.78, 5) is 10.1. The molecule has 0 aromatic rings. The molecule has 0 radical (unpaired) electrons. The number of hydrogen-bond donors (Lipinski definition) is 2. The highest BCUT2D eigenvalue weighted by atomic mass is 16.4. The van der Waals surface area contributed by atoms with Crippen LogP contribution < -0.4 is 5.32 Å². The van der Waals surface area contributed by atoms with Gasteiger partial charge in [-0.3, -0.25) is 0 Å². The first-order chi connectivity index (χ1) is 6.52. The highest BCUT2D eigenvalue weighted by Gasteiger charge is 1.91. The van der Waals surface area contributed by atoms with Crippen LogP contribution in [0.2, 0.25) is 0 Å². The fraction of sp³-hybridized carbons (Fsp3) is 0.545. The summed E-state index contributed by atoms with van der Waals surface area (Å²) >= 11 is 0. The van der Waals surface area contributed by atoms with Crippen LogP contribution in [0.3, 0.4) is 0 Å². The molecule has 14 heavy (non-hydrogen) atoms. The summed E-state index contributed by atoms with van der Waals surface area (Å²) in [6.45, 7) is 6.56. The Hall–Kier alpha value is -1.25. The molecule has 0 saturated heterocycles. The monoisotopic (exact) mass is 197 g/mol. The summed E-state index contributed by atoms with van der Waals surface area (Å²) in [5.41, 5.74) is 2.54. The number of carboxylic acid groups (broad SMARTS) is 1. The molecule has 0 fully saturated rings. The summed E-state index contributed by atoms with van der Waals surface area (Å²) in [5.74, 6) is 0. The number of rotatable bonds is 5. The molecule has 0 bridgehead atoms. The number of hydrogen-bond acceptors (Lipinski definition) is 1. The normalized spacial score (nSPS) is 10.9. The molecule has 0 aromatic heterocycles. The van der Waals surface area contributed by atoms with Crippen molar-refractivity contribution in [1.29, 1.82) is 0 Å². The van der Waals surface area contributed by atoms with Gasteiger partial charge in [0.1, 0.15) is 0 Å². The minimum atomic E-state index is -0.974. The lowest BCUT2D eigenvalue weighted by atomic mass is 10.1. The fourth-order valence-corrected chi connectivity index (χ4v) is 1.00. The largest absolute Gasteiger partial charge is 0.465 e. The lowest BCUT2D eigenvalue weighted by molar-refractivity contribution is 0.195. The van der Waals surface area contributed by atoms with E-state index in [0.29, 0.717) is 6.54 Å². The Bertz CT molecular complexity index is 238. The van der Waals surface area contributed by atoms with Crippen LogP contribution in [-0.4, -0.2) is 17.7 Å². The van der Waals surface area contributed by atoms with E-state index >= 15 is 0 Å². The maximum absolute atomic E-state index is 10.1. The molecule has 0 unspecified atom stereocenters. The van der Waals surface area contributed by atoms with Crippen LogP contribution in [0.1, 0.15) is 33.6 Å². The van der Waals surface area contributed by atoms with Gasteiger partial charge in [-0.15, -0.1) is 0 Å². The average molecular weight is 197 g/mol. The van der Waals surface area contributed by atoms with Crippen LogP contribution in [0.15, 0.2) is 23.3 Å². The molecule has 0 spiro atoms. The summed E-state index contributed by atoms with van der Waals surface area (Å²) in [7, 11) is 0. The van der Waals surface area contributed by atoms with Gasteiger partial charge in [0.25, 0.3) is 0 Å². The molecule has 1 amide bonds. The molecule has 3 heteroatoms. The SMILES string of the molecule is CC(C)=CCC/C(C)=C\CNC(=O)O. The molecule has 0 atom stereocenters. The zero-order valence-electron chi connectivity index (χ0n) is 9.13. The Kier molecular flexibility index (Phi) is 6.54. The van der Waals surface area contributed by atoms with Crippen molar-refractivity contribution in [2.75, 3.05) is 6.54 Å². The molecular formula is C11H19NO2. The summed E-state index contributed by atoms with van der Waals surface area (Å²) < 4.78 is 0. The van der Waals surface area contributed by atoms with Crippen LogP contribution in [0, 0.1) is 0 Å². The lowest BCUT2D eigenvalue weighted by Gasteiger charge is -1.99. The molecule has 0 heterocycles. The molecule has 2 N–H and O–H groups in total. The van der Waals surface area contributed by atoms with Gasteiger partial charge in [0, 0.05) is 6.54 Å². The molecule has 0 rings (SSSR count). The molecule has 0 aliphatic carbocycles. The van der Waals surface area contributed by atoms with Crippen molar-refractivity contribution >= 4 is 6.09 Å². The second kappa shape index (κ2) is 7.18. The molecular weight excluding hydrogens is 178 g/mol. The van der Waals surface area contributed by atoms with Crippen molar-refractivity contribution in [3.8, 4) is 0 Å². The standard InChI is InChI=1S/C11H19NO2/c1-9(2)5-4-6-10(3)7-8-12-11(13)14/h5,7,12H,4,6,8H2,1-3H3,(H,13,14)/b10-7-. The van der Waals surface area contributed by atoms with E-state index in [-0.39, 0.29) is 0 Å². The van der Waals surface area contributed by atoms with Crippen LogP contribution in [-0.2, 0) is 0 Å². The minimum absolute atomic E-state index is 0.399. The van der Waals surface area contributed by atoms with Crippen LogP contribution in [0.25, 0.3) is 0 Å². The van der Waals surface area contributed by atoms with Gasteiger partial charge in [-0.05, 0) is 33.6 Å². The van der Waals surface area contributed by atoms with Gasteiger partial charge in [-0.25, -0.2) is 4.79 Å². The van der Waals surface area contributed by atoms with Crippen LogP contribution in [0.5, 0.6) is 0 Å². The van der Waals surface area contributed by atoms with Gasteiger partial charge in [0.15, 0.2) is 0 Å². The quantitative estimate of drug-likeness (QED) is 0.666. The molecule has 0 aromatic carbocycles. The van der Waals surface area contributed by atoms with Crippen LogP contribution >= 0.6 is 0 Å². The number of carbonyl (C=O) groups is 1. The van der Waals surface area contributed by atoms with E-state index in [1.165, 1.54) is 11.1 Å². The van der Waals surface area contributed by atoms with Crippen molar-refractivity contribution in [1.82, 2.24) is 5.32 Å². The predicted octanol–water partition coefficient (Wildman–Crippen LogP) is 2.95. The smallest absolute Gasteiger partial charge is 0.404 e. The van der Waals surface area contributed by atoms with Crippen molar-refractivity contribution < 1.29 is 9.90 Å². The van der Waals surface area contributed by atoms with E-state index in [1.54, 1.807) is 0 Å². The Morgan fingerprint density at radius 1 is 1.29 bits per heavy atom. The summed E-state index contributed by atoms with van der Waals surface area (Å²) in [6.07, 6.45) is 5.14. The van der Waals surface area contributed by atoms with Gasteiger partial charge >= 0.3 is 6.09 Å². The zero-order chi connectivity index (χ0) is 11.0. The maximum atomic E-state index is 10.1. The zero-order valence-corrected chi connectivity index (χ0v) is 9.13. The first-order valence-electron chi connectivity index (χ1n) is 4.78. The van der Waals surface area contributed by atoms with Gasteiger partial charge in [-0.2, -0.15) is 0 Å². The first-order valence-corrected chi connectivity index (χ1v) is 4.78. The van der Waals surface area contributed by atoms with Crippen LogP contribution in [0.4, 0.5) is 4.79 Å². The number of amides is 1. The number of nitrogens with one attached hydrogen (secondary N) is 1. The van der Waals surface area contributed by atoms with Gasteiger partial charge in [-0.1, -0.05) is 23.3 Å². The second-order valence-electron chi connectivity index (χ2n) is 3.56. The highest BCUT2D eigenvalue weighted by molar-refractivity contribution is 5.64. The molecule has 0 aliphatic heterocycles. The van der Waals surface area contributed by atoms with E-state index in [0.717, 1.165) is 12.8 Å². The first kappa shape index (κ1) is 12.8. The molecule has 0 aliphatic rings. The molecule has 0 saturated carbocycles. The Morgan fingerprint density at radius 3 is 2.43 bits per heavy atom. The number of allylic oxidation sites excluding steroid dienone is 3. The van der Waals surface area contributed by atoms with Crippen molar-refractivity contribution in [2.45, 2.75) is 33.6 Å². The van der Waals surface area contributed by atoms with E-state index < -0.39 is 6.09 Å². The summed E-state index contributed by atoms with van der Waals surface area (Å²) in [6, 6.07) is 0. The van der Waals surface area contributed by atoms with Crippen molar-refractivity contribution in [3.63, 3.8) is 0 Å². The van der Waals surface area contributed by atoms with Gasteiger partial charge < -0.3 is 10.4 Å². The second-order valence-corrected chi connectivity index (χ2v) is 3.56. The van der Waals surface area contributed by atoms with E-state index in [1.807, 2.05) is 13.0 Å². The predicted molar refractivity (Wildman–Crippen MR) is 58.4 cm³/mol. The third kappa shape index (κ3) is 8.84. The molecule has 80 valence electrons. The van der Waals surface area contributed by atoms with E-state index in [4.69, 9.17) is 5.11 Å². The van der Waals surface area contributed by atoms with Crippen molar-refractivity contribution in [3.05, 3.63) is 23.3 Å². The fourth-order valence-electron chi connectivity index (χ4n) is 1.00. The average Bonchev–Trinajstić information content (AvgIpc) is 2.02. The molecule has 3 nitrogen and oxygen atoms in total. The Balaban J connectivity index is 3.67. The van der Waals surface area contributed by atoms with E-state index in [9.17, 15) is 4.79 Å². The Labute approximate surface area is 85.5 Å². The van der Waals surface area contributed by atoms with Gasteiger partial charge in [0.05, 0.1) is 0 Å². The third-order valence-corrected chi connectivity index (χ3v) is 1.80. The summed E-state index contributed by atoms with van der Waals surface area (Å²) in [5, 5.41) is 10.6. The topological polar surface area (TPSA) is 49.3 Å². The van der Waals surface area contributed by atoms with E-state index in [2.05, 4.69) is 25.2 Å². The maximum Gasteiger partial charge on any atom is 0.404 e.